The Bertz CT molecular complexity index is 582. The molecule has 92 valence electrons. The fourth-order valence-corrected chi connectivity index (χ4v) is 1.42. The first-order valence-corrected chi connectivity index (χ1v) is 5.18. The standard InChI is InChI=1S/C13H10F2N2O/c14-9-2-4-10(5-3-9)17-13(18)8-1-6-11(15)12(16)7-8/h1-7H,16H2,(H,17,18). The second-order valence-corrected chi connectivity index (χ2v) is 3.70. The molecule has 0 aliphatic carbocycles. The van der Waals surface area contributed by atoms with Crippen molar-refractivity contribution in [1.82, 2.24) is 0 Å². The van der Waals surface area contributed by atoms with Crippen molar-refractivity contribution in [2.45, 2.75) is 0 Å². The maximum atomic E-state index is 12.9. The summed E-state index contributed by atoms with van der Waals surface area (Å²) in [6.07, 6.45) is 0. The van der Waals surface area contributed by atoms with Crippen molar-refractivity contribution in [3.05, 3.63) is 59.7 Å². The normalized spacial score (nSPS) is 10.1. The number of halogens is 2. The average Bonchev–Trinajstić information content (AvgIpc) is 2.35. The highest BCUT2D eigenvalue weighted by molar-refractivity contribution is 6.04. The molecule has 2 aromatic carbocycles. The van der Waals surface area contributed by atoms with E-state index in [1.807, 2.05) is 0 Å². The Balaban J connectivity index is 2.16. The van der Waals surface area contributed by atoms with Crippen molar-refractivity contribution in [2.24, 2.45) is 0 Å². The molecule has 0 bridgehead atoms. The van der Waals surface area contributed by atoms with E-state index in [1.165, 1.54) is 36.4 Å². The molecule has 18 heavy (non-hydrogen) atoms. The monoisotopic (exact) mass is 248 g/mol. The molecule has 3 N–H and O–H groups in total. The van der Waals surface area contributed by atoms with Gasteiger partial charge >= 0.3 is 0 Å². The van der Waals surface area contributed by atoms with E-state index in [9.17, 15) is 13.6 Å². The maximum Gasteiger partial charge on any atom is 0.255 e. The highest BCUT2D eigenvalue weighted by Gasteiger charge is 2.08. The lowest BCUT2D eigenvalue weighted by Gasteiger charge is -2.06. The molecule has 1 amide bonds. The Hall–Kier alpha value is -2.43. The molecule has 2 aromatic rings. The van der Waals surface area contributed by atoms with Crippen LogP contribution in [0.25, 0.3) is 0 Å². The summed E-state index contributed by atoms with van der Waals surface area (Å²) in [7, 11) is 0. The number of rotatable bonds is 2. The van der Waals surface area contributed by atoms with Gasteiger partial charge in [-0.15, -0.1) is 0 Å². The molecule has 0 aromatic heterocycles. The summed E-state index contributed by atoms with van der Waals surface area (Å²) in [5, 5.41) is 2.55. The number of nitrogens with one attached hydrogen (secondary N) is 1. The molecule has 3 nitrogen and oxygen atoms in total. The van der Waals surface area contributed by atoms with Crippen LogP contribution in [0, 0.1) is 11.6 Å². The first-order chi connectivity index (χ1) is 8.56. The Morgan fingerprint density at radius 3 is 2.33 bits per heavy atom. The van der Waals surface area contributed by atoms with E-state index >= 15 is 0 Å². The Labute approximate surface area is 102 Å². The van der Waals surface area contributed by atoms with Crippen LogP contribution in [0.4, 0.5) is 20.2 Å². The van der Waals surface area contributed by atoms with E-state index in [4.69, 9.17) is 5.73 Å². The maximum absolute atomic E-state index is 12.9. The molecule has 0 saturated heterocycles. The van der Waals surface area contributed by atoms with Gasteiger partial charge in [-0.2, -0.15) is 0 Å². The molecular weight excluding hydrogens is 238 g/mol. The number of benzene rings is 2. The molecule has 0 spiro atoms. The number of anilines is 2. The van der Waals surface area contributed by atoms with Gasteiger partial charge in [0.25, 0.3) is 5.91 Å². The number of carbonyl (C=O) groups excluding carboxylic acids is 1. The Morgan fingerprint density at radius 2 is 1.72 bits per heavy atom. The lowest BCUT2D eigenvalue weighted by atomic mass is 10.2. The number of amides is 1. The van der Waals surface area contributed by atoms with Crippen LogP contribution in [-0.4, -0.2) is 5.91 Å². The first-order valence-electron chi connectivity index (χ1n) is 5.18. The second-order valence-electron chi connectivity index (χ2n) is 3.70. The molecule has 0 atom stereocenters. The van der Waals surface area contributed by atoms with Crippen molar-refractivity contribution >= 4 is 17.3 Å². The Kier molecular flexibility index (Phi) is 3.23. The van der Waals surface area contributed by atoms with E-state index in [0.29, 0.717) is 5.69 Å². The Morgan fingerprint density at radius 1 is 1.06 bits per heavy atom. The summed E-state index contributed by atoms with van der Waals surface area (Å²) in [4.78, 5) is 11.8. The minimum atomic E-state index is -0.576. The van der Waals surface area contributed by atoms with Gasteiger partial charge in [-0.1, -0.05) is 0 Å². The van der Waals surface area contributed by atoms with Crippen LogP contribution < -0.4 is 11.1 Å². The van der Waals surface area contributed by atoms with Crippen molar-refractivity contribution in [3.8, 4) is 0 Å². The molecule has 0 radical (unpaired) electrons. The number of hydrogen-bond donors (Lipinski definition) is 2. The number of carbonyl (C=O) groups is 1. The summed E-state index contributed by atoms with van der Waals surface area (Å²) in [6, 6.07) is 9.01. The van der Waals surface area contributed by atoms with E-state index in [-0.39, 0.29) is 17.1 Å². The highest BCUT2D eigenvalue weighted by atomic mass is 19.1. The van der Waals surface area contributed by atoms with Gasteiger partial charge in [-0.3, -0.25) is 4.79 Å². The zero-order valence-corrected chi connectivity index (χ0v) is 9.28. The molecular formula is C13H10F2N2O. The first kappa shape index (κ1) is 12.0. The lowest BCUT2D eigenvalue weighted by Crippen LogP contribution is -2.12. The van der Waals surface area contributed by atoms with Crippen LogP contribution in [0.2, 0.25) is 0 Å². The van der Waals surface area contributed by atoms with Crippen LogP contribution in [-0.2, 0) is 0 Å². The molecule has 0 fully saturated rings. The van der Waals surface area contributed by atoms with E-state index in [0.717, 1.165) is 6.07 Å². The fraction of sp³-hybridized carbons (Fsp3) is 0. The minimum Gasteiger partial charge on any atom is -0.396 e. The zero-order chi connectivity index (χ0) is 13.1. The predicted octanol–water partition coefficient (Wildman–Crippen LogP) is 2.80. The van der Waals surface area contributed by atoms with Crippen molar-refractivity contribution in [2.75, 3.05) is 11.1 Å². The van der Waals surface area contributed by atoms with Gasteiger partial charge in [0.05, 0.1) is 5.69 Å². The third-order valence-corrected chi connectivity index (χ3v) is 2.36. The van der Waals surface area contributed by atoms with Gasteiger partial charge in [0.2, 0.25) is 0 Å². The third-order valence-electron chi connectivity index (χ3n) is 2.36. The molecule has 0 unspecified atom stereocenters. The summed E-state index contributed by atoms with van der Waals surface area (Å²) in [5.41, 5.74) is 5.95. The van der Waals surface area contributed by atoms with Gasteiger partial charge in [0.15, 0.2) is 0 Å². The second kappa shape index (κ2) is 4.83. The van der Waals surface area contributed by atoms with Crippen molar-refractivity contribution < 1.29 is 13.6 Å². The number of nitrogens with two attached hydrogens (primary N) is 1. The van der Waals surface area contributed by atoms with Crippen molar-refractivity contribution in [1.29, 1.82) is 0 Å². The summed E-state index contributed by atoms with van der Waals surface area (Å²) in [5.74, 6) is -1.40. The quantitative estimate of drug-likeness (QED) is 0.803. The molecule has 0 aliphatic heterocycles. The molecule has 2 rings (SSSR count). The molecule has 0 saturated carbocycles. The lowest BCUT2D eigenvalue weighted by molar-refractivity contribution is 0.102. The minimum absolute atomic E-state index is 0.0956. The van der Waals surface area contributed by atoms with Crippen LogP contribution in [0.5, 0.6) is 0 Å². The fourth-order valence-electron chi connectivity index (χ4n) is 1.42. The molecule has 0 aliphatic rings. The van der Waals surface area contributed by atoms with E-state index in [2.05, 4.69) is 5.32 Å². The van der Waals surface area contributed by atoms with Crippen LogP contribution in [0.3, 0.4) is 0 Å². The zero-order valence-electron chi connectivity index (χ0n) is 9.28. The molecule has 5 heteroatoms. The SMILES string of the molecule is Nc1cc(C(=O)Nc2ccc(F)cc2)ccc1F. The number of hydrogen-bond acceptors (Lipinski definition) is 2. The predicted molar refractivity (Wildman–Crippen MR) is 65.2 cm³/mol. The highest BCUT2D eigenvalue weighted by Crippen LogP contribution is 2.14. The van der Waals surface area contributed by atoms with E-state index < -0.39 is 11.7 Å². The largest absolute Gasteiger partial charge is 0.396 e. The van der Waals surface area contributed by atoms with Crippen molar-refractivity contribution in [3.63, 3.8) is 0 Å². The van der Waals surface area contributed by atoms with Gasteiger partial charge < -0.3 is 11.1 Å². The average molecular weight is 248 g/mol. The van der Waals surface area contributed by atoms with Crippen LogP contribution in [0.15, 0.2) is 42.5 Å². The topological polar surface area (TPSA) is 55.1 Å². The van der Waals surface area contributed by atoms with Crippen LogP contribution >= 0.6 is 0 Å². The third kappa shape index (κ3) is 2.63. The van der Waals surface area contributed by atoms with Gasteiger partial charge in [-0.05, 0) is 42.5 Å². The summed E-state index contributed by atoms with van der Waals surface area (Å²) >= 11 is 0. The van der Waals surface area contributed by atoms with E-state index in [1.54, 1.807) is 0 Å². The summed E-state index contributed by atoms with van der Waals surface area (Å²) in [6.45, 7) is 0. The van der Waals surface area contributed by atoms with Gasteiger partial charge in [0, 0.05) is 11.3 Å². The van der Waals surface area contributed by atoms with Gasteiger partial charge in [0.1, 0.15) is 11.6 Å². The summed E-state index contributed by atoms with van der Waals surface area (Å²) < 4.78 is 25.6. The smallest absolute Gasteiger partial charge is 0.255 e. The molecule has 0 heterocycles. The van der Waals surface area contributed by atoms with Gasteiger partial charge in [-0.25, -0.2) is 8.78 Å². The number of nitrogen functional groups attached to an aromatic ring is 1. The van der Waals surface area contributed by atoms with Crippen LogP contribution in [0.1, 0.15) is 10.4 Å².